The summed E-state index contributed by atoms with van der Waals surface area (Å²) in [6.45, 7) is 0. The molecule has 2 N–H and O–H groups in total. The Bertz CT molecular complexity index is 1320. The van der Waals surface area contributed by atoms with Crippen molar-refractivity contribution in [2.24, 2.45) is 7.05 Å². The number of fused-ring (bicyclic) bond motifs is 1. The van der Waals surface area contributed by atoms with Gasteiger partial charge in [-0.1, -0.05) is 18.2 Å². The highest BCUT2D eigenvalue weighted by molar-refractivity contribution is 5.93. The van der Waals surface area contributed by atoms with Gasteiger partial charge in [0.25, 0.3) is 0 Å². The van der Waals surface area contributed by atoms with Crippen molar-refractivity contribution in [1.82, 2.24) is 29.9 Å². The first-order valence-corrected chi connectivity index (χ1v) is 8.82. The Morgan fingerprint density at radius 1 is 1.17 bits per heavy atom. The molecule has 1 aromatic carbocycles. The number of aliphatic hydroxyl groups is 1. The van der Waals surface area contributed by atoms with Gasteiger partial charge in [0.15, 0.2) is 6.10 Å². The lowest BCUT2D eigenvalue weighted by molar-refractivity contribution is 0.179. The van der Waals surface area contributed by atoms with E-state index in [1.165, 1.54) is 12.1 Å². The van der Waals surface area contributed by atoms with Gasteiger partial charge in [0.1, 0.15) is 11.5 Å². The van der Waals surface area contributed by atoms with E-state index in [1.807, 2.05) is 19.3 Å². The van der Waals surface area contributed by atoms with Crippen LogP contribution >= 0.6 is 0 Å². The Balaban J connectivity index is 1.54. The number of aryl methyl sites for hydroxylation is 1. The molecular formula is C20H15FN6O2. The van der Waals surface area contributed by atoms with Crippen LogP contribution in [0.15, 0.2) is 59.5 Å². The van der Waals surface area contributed by atoms with E-state index < -0.39 is 11.9 Å². The molecule has 0 aliphatic rings. The molecule has 0 fully saturated rings. The predicted octanol–water partition coefficient (Wildman–Crippen LogP) is 3.23. The molecule has 1 unspecified atom stereocenters. The van der Waals surface area contributed by atoms with E-state index in [0.717, 1.165) is 16.5 Å². The van der Waals surface area contributed by atoms with Crippen molar-refractivity contribution in [2.75, 3.05) is 0 Å². The first-order valence-electron chi connectivity index (χ1n) is 8.82. The molecule has 5 rings (SSSR count). The Hall–Kier alpha value is -3.85. The van der Waals surface area contributed by atoms with E-state index in [0.29, 0.717) is 11.2 Å². The number of aromatic amines is 1. The normalized spacial score (nSPS) is 12.5. The fourth-order valence-electron chi connectivity index (χ4n) is 3.19. The van der Waals surface area contributed by atoms with Crippen LogP contribution in [-0.2, 0) is 7.05 Å². The molecule has 0 aliphatic heterocycles. The molecule has 144 valence electrons. The maximum absolute atomic E-state index is 14.0. The highest BCUT2D eigenvalue weighted by Gasteiger charge is 2.22. The molecule has 1 atom stereocenters. The van der Waals surface area contributed by atoms with Crippen LogP contribution in [0.25, 0.3) is 33.6 Å². The number of nitrogens with one attached hydrogen (secondary N) is 1. The Kier molecular flexibility index (Phi) is 3.95. The molecule has 0 spiro atoms. The van der Waals surface area contributed by atoms with Gasteiger partial charge in [0, 0.05) is 47.7 Å². The standard InChI is InChI=1S/C20H15FN6O2/c1-27-10-12(8-24-27)11-6-14-15(9-23-18(14)22-7-11)19-25-26-20(29-19)17(28)13-4-2-3-5-16(13)21/h2-10,17,28H,1H3,(H,22,23). The lowest BCUT2D eigenvalue weighted by Crippen LogP contribution is -2.02. The van der Waals surface area contributed by atoms with E-state index in [2.05, 4.69) is 25.3 Å². The van der Waals surface area contributed by atoms with Gasteiger partial charge in [-0.15, -0.1) is 10.2 Å². The number of rotatable bonds is 4. The minimum atomic E-state index is -1.35. The largest absolute Gasteiger partial charge is 0.417 e. The summed E-state index contributed by atoms with van der Waals surface area (Å²) in [5, 5.41) is 23.3. The molecule has 0 saturated heterocycles. The molecule has 0 bridgehead atoms. The summed E-state index contributed by atoms with van der Waals surface area (Å²) in [7, 11) is 1.85. The van der Waals surface area contributed by atoms with Crippen LogP contribution in [0.3, 0.4) is 0 Å². The van der Waals surface area contributed by atoms with Gasteiger partial charge in [-0.05, 0) is 12.1 Å². The average molecular weight is 390 g/mol. The molecule has 0 amide bonds. The fourth-order valence-corrected chi connectivity index (χ4v) is 3.19. The van der Waals surface area contributed by atoms with Gasteiger partial charge in [-0.3, -0.25) is 4.68 Å². The summed E-state index contributed by atoms with van der Waals surface area (Å²) in [6.07, 6.45) is 5.75. The number of H-pyrrole nitrogens is 1. The number of aliphatic hydroxyl groups excluding tert-OH is 1. The quantitative estimate of drug-likeness (QED) is 0.488. The predicted molar refractivity (Wildman–Crippen MR) is 102 cm³/mol. The fraction of sp³-hybridized carbons (Fsp3) is 0.100. The van der Waals surface area contributed by atoms with E-state index >= 15 is 0 Å². The zero-order valence-corrected chi connectivity index (χ0v) is 15.2. The number of nitrogens with zero attached hydrogens (tertiary/aromatic N) is 5. The molecule has 4 heterocycles. The van der Waals surface area contributed by atoms with Crippen LogP contribution in [0.1, 0.15) is 17.6 Å². The van der Waals surface area contributed by atoms with Crippen molar-refractivity contribution in [3.63, 3.8) is 0 Å². The summed E-state index contributed by atoms with van der Waals surface area (Å²) in [6, 6.07) is 7.86. The number of halogens is 1. The lowest BCUT2D eigenvalue weighted by atomic mass is 10.1. The van der Waals surface area contributed by atoms with Crippen molar-refractivity contribution in [1.29, 1.82) is 0 Å². The third-order valence-corrected chi connectivity index (χ3v) is 4.67. The number of aromatic nitrogens is 6. The van der Waals surface area contributed by atoms with Crippen molar-refractivity contribution < 1.29 is 13.9 Å². The minimum absolute atomic E-state index is 0.0714. The van der Waals surface area contributed by atoms with Gasteiger partial charge >= 0.3 is 0 Å². The average Bonchev–Trinajstić information content (AvgIpc) is 3.46. The third kappa shape index (κ3) is 2.97. The topological polar surface area (TPSA) is 106 Å². The highest BCUT2D eigenvalue weighted by atomic mass is 19.1. The third-order valence-electron chi connectivity index (χ3n) is 4.67. The van der Waals surface area contributed by atoms with E-state index in [-0.39, 0.29) is 17.3 Å². The molecule has 9 heteroatoms. The second-order valence-electron chi connectivity index (χ2n) is 6.59. The Morgan fingerprint density at radius 2 is 2.03 bits per heavy atom. The smallest absolute Gasteiger partial charge is 0.250 e. The van der Waals surface area contributed by atoms with Crippen molar-refractivity contribution in [3.8, 4) is 22.6 Å². The summed E-state index contributed by atoms with van der Waals surface area (Å²) >= 11 is 0. The maximum Gasteiger partial charge on any atom is 0.250 e. The second-order valence-corrected chi connectivity index (χ2v) is 6.59. The first-order chi connectivity index (χ1) is 14.1. The minimum Gasteiger partial charge on any atom is -0.417 e. The van der Waals surface area contributed by atoms with Gasteiger partial charge in [0.05, 0.1) is 11.8 Å². The van der Waals surface area contributed by atoms with Crippen LogP contribution in [0.2, 0.25) is 0 Å². The lowest BCUT2D eigenvalue weighted by Gasteiger charge is -2.06. The molecule has 5 aromatic rings. The summed E-state index contributed by atoms with van der Waals surface area (Å²) in [4.78, 5) is 7.50. The zero-order chi connectivity index (χ0) is 20.0. The van der Waals surface area contributed by atoms with Crippen molar-refractivity contribution in [2.45, 2.75) is 6.10 Å². The first kappa shape index (κ1) is 17.3. The molecule has 29 heavy (non-hydrogen) atoms. The summed E-state index contributed by atoms with van der Waals surface area (Å²) < 4.78 is 21.3. The molecule has 8 nitrogen and oxygen atoms in total. The van der Waals surface area contributed by atoms with Crippen LogP contribution in [-0.4, -0.2) is 35.1 Å². The molecule has 0 aliphatic carbocycles. The van der Waals surface area contributed by atoms with Crippen LogP contribution in [0.4, 0.5) is 4.39 Å². The number of benzene rings is 1. The molecule has 4 aromatic heterocycles. The van der Waals surface area contributed by atoms with Gasteiger partial charge < -0.3 is 14.5 Å². The van der Waals surface area contributed by atoms with Crippen LogP contribution in [0, 0.1) is 5.82 Å². The number of hydrogen-bond donors (Lipinski definition) is 2. The van der Waals surface area contributed by atoms with Crippen LogP contribution in [0.5, 0.6) is 0 Å². The monoisotopic (exact) mass is 390 g/mol. The molecule has 0 saturated carbocycles. The van der Waals surface area contributed by atoms with Crippen LogP contribution < -0.4 is 0 Å². The Labute approximate surface area is 163 Å². The zero-order valence-electron chi connectivity index (χ0n) is 15.2. The van der Waals surface area contributed by atoms with Gasteiger partial charge in [-0.2, -0.15) is 5.10 Å². The number of hydrogen-bond acceptors (Lipinski definition) is 6. The summed E-state index contributed by atoms with van der Waals surface area (Å²) in [5.74, 6) is -0.431. The second kappa shape index (κ2) is 6.64. The number of pyridine rings is 1. The molecular weight excluding hydrogens is 375 g/mol. The summed E-state index contributed by atoms with van der Waals surface area (Å²) in [5.41, 5.74) is 3.18. The van der Waals surface area contributed by atoms with Crippen molar-refractivity contribution in [3.05, 3.63) is 72.4 Å². The molecule has 0 radical (unpaired) electrons. The van der Waals surface area contributed by atoms with Gasteiger partial charge in [0.2, 0.25) is 11.8 Å². The van der Waals surface area contributed by atoms with E-state index in [9.17, 15) is 9.50 Å². The van der Waals surface area contributed by atoms with Gasteiger partial charge in [-0.25, -0.2) is 9.37 Å². The van der Waals surface area contributed by atoms with E-state index in [1.54, 1.807) is 35.4 Å². The SMILES string of the molecule is Cn1cc(-c2cnc3[nH]cc(-c4nnc(C(O)c5ccccc5F)o4)c3c2)cn1. The highest BCUT2D eigenvalue weighted by Crippen LogP contribution is 2.32. The van der Waals surface area contributed by atoms with E-state index in [4.69, 9.17) is 4.42 Å². The maximum atomic E-state index is 14.0. The Morgan fingerprint density at radius 3 is 2.83 bits per heavy atom. The van der Waals surface area contributed by atoms with Crippen molar-refractivity contribution >= 4 is 11.0 Å².